The molecule has 0 aliphatic carbocycles. The van der Waals surface area contributed by atoms with E-state index >= 15 is 0 Å². The Kier molecular flexibility index (Phi) is 17.0. The summed E-state index contributed by atoms with van der Waals surface area (Å²) in [5.74, 6) is 0.0507. The van der Waals surface area contributed by atoms with Gasteiger partial charge >= 0.3 is 0 Å². The van der Waals surface area contributed by atoms with Crippen LogP contribution in [0.2, 0.25) is 0 Å². The van der Waals surface area contributed by atoms with E-state index in [-0.39, 0.29) is 5.92 Å². The molecule has 0 radical (unpaired) electrons. The first-order valence-corrected chi connectivity index (χ1v) is 45.2. The molecule has 18 aromatic carbocycles. The molecule has 132 heavy (non-hydrogen) atoms. The second-order valence-corrected chi connectivity index (χ2v) is 34.9. The molecule has 9 heterocycles. The van der Waals surface area contributed by atoms with Crippen molar-refractivity contribution in [2.45, 2.75) is 12.3 Å². The van der Waals surface area contributed by atoms with Crippen molar-refractivity contribution in [2.24, 2.45) is 4.99 Å². The van der Waals surface area contributed by atoms with Gasteiger partial charge in [-0.05, 0) is 233 Å². The van der Waals surface area contributed by atoms with Gasteiger partial charge in [0.05, 0.1) is 89.0 Å². The van der Waals surface area contributed by atoms with Gasteiger partial charge in [-0.25, -0.2) is 15.0 Å². The standard InChI is InChI=1S/C122H78N10/c1-9-46-111-95(36-1)96-37-2-10-47-112(96)127(111)91-32-19-26-83(65-91)107-44-23-45-108(126-107)84-27-20-33-92(66-84)131-117-52-15-7-42-101(117)105-71-81(56-60-121(105)131)79-54-58-119-103(69-79)99-40-5-13-50-115(99)129(119)89-30-17-24-77(63-89)87-62-88(75-123-74-87)78-25-18-31-90(64-78)130-116-51-14-6-41-100(116)104-70-80(55-59-120(104)130)82-57-61-122-106(72-82)102-43-8-16-53-118(102)132(122)94-35-22-29-86(68-94)110-73-109(124-76-125-110)85-28-21-34-93(67-85)128-113-48-11-3-38-97(113)98-39-4-12-49-114(98)128/h1-61,63-76,88H,62H2. The van der Waals surface area contributed by atoms with Crippen molar-refractivity contribution in [3.63, 3.8) is 0 Å². The fraction of sp³-hybridized carbons (Fsp3) is 0.0164. The Morgan fingerprint density at radius 1 is 0.189 bits per heavy atom. The Morgan fingerprint density at radius 2 is 0.447 bits per heavy atom. The summed E-state index contributed by atoms with van der Waals surface area (Å²) >= 11 is 0. The Hall–Kier alpha value is -17.6. The van der Waals surface area contributed by atoms with Gasteiger partial charge in [-0.3, -0.25) is 4.99 Å². The van der Waals surface area contributed by atoms with Gasteiger partial charge in [-0.15, -0.1) is 0 Å². The molecule has 10 nitrogen and oxygen atoms in total. The highest BCUT2D eigenvalue weighted by atomic mass is 15.0. The second-order valence-electron chi connectivity index (χ2n) is 34.9. The van der Waals surface area contributed by atoms with Crippen LogP contribution in [0.1, 0.15) is 23.5 Å². The smallest absolute Gasteiger partial charge is 0.116 e. The number of rotatable bonds is 14. The minimum absolute atomic E-state index is 0.0507. The molecule has 1 aliphatic heterocycles. The van der Waals surface area contributed by atoms with Crippen LogP contribution in [0.3, 0.4) is 0 Å². The number of aromatic nitrogens is 9. The van der Waals surface area contributed by atoms with Crippen molar-refractivity contribution in [3.05, 3.63) is 460 Å². The molecular weight excluding hydrogens is 1610 g/mol. The van der Waals surface area contributed by atoms with Gasteiger partial charge in [0, 0.05) is 139 Å². The lowest BCUT2D eigenvalue weighted by molar-refractivity contribution is 0.921. The summed E-state index contributed by atoms with van der Waals surface area (Å²) in [7, 11) is 0. The van der Waals surface area contributed by atoms with Crippen LogP contribution >= 0.6 is 0 Å². The van der Waals surface area contributed by atoms with Crippen molar-refractivity contribution in [1.29, 1.82) is 0 Å². The van der Waals surface area contributed by atoms with Crippen LogP contribution in [-0.4, -0.2) is 48.6 Å². The highest BCUT2D eigenvalue weighted by molar-refractivity contribution is 6.17. The van der Waals surface area contributed by atoms with E-state index in [1.807, 2.05) is 0 Å². The normalized spacial score (nSPS) is 13.1. The average molecular weight is 1680 g/mol. The van der Waals surface area contributed by atoms with Crippen LogP contribution in [0.5, 0.6) is 0 Å². The van der Waals surface area contributed by atoms with Crippen LogP contribution in [-0.2, 0) is 0 Å². The number of hydrogen-bond donors (Lipinski definition) is 0. The number of allylic oxidation sites excluding steroid dienone is 1. The van der Waals surface area contributed by atoms with E-state index in [0.29, 0.717) is 0 Å². The van der Waals surface area contributed by atoms with Crippen LogP contribution < -0.4 is 0 Å². The first-order valence-electron chi connectivity index (χ1n) is 45.2. The van der Waals surface area contributed by atoms with E-state index in [1.54, 1.807) is 6.33 Å². The quantitative estimate of drug-likeness (QED) is 0.109. The number of benzene rings is 18. The minimum atomic E-state index is 0.0507. The van der Waals surface area contributed by atoms with E-state index in [4.69, 9.17) is 19.9 Å². The summed E-state index contributed by atoms with van der Waals surface area (Å²) in [5.41, 5.74) is 36.4. The van der Waals surface area contributed by atoms with Crippen LogP contribution in [0.15, 0.2) is 454 Å². The molecule has 26 aromatic rings. The molecule has 1 atom stereocenters. The molecule has 1 aliphatic rings. The van der Waals surface area contributed by atoms with Crippen molar-refractivity contribution in [3.8, 4) is 101 Å². The number of nitrogens with zero attached hydrogens (tertiary/aromatic N) is 10. The van der Waals surface area contributed by atoms with Crippen LogP contribution in [0, 0.1) is 0 Å². The molecule has 0 amide bonds. The van der Waals surface area contributed by atoms with Gasteiger partial charge in [0.15, 0.2) is 0 Å². The average Bonchev–Trinajstić information content (AvgIpc) is 1.59. The molecule has 0 bridgehead atoms. The van der Waals surface area contributed by atoms with Crippen molar-refractivity contribution in [1.82, 2.24) is 42.4 Å². The SMILES string of the molecule is C1=NC=C(c2cccc(-n3c4ccccc4c4cc(-c5ccc6c(c5)c5ccccc5n6-c5cccc(-c6cccc(-c7cccc(-n8c9ccccc9c9ccccc98)c7)n6)c5)ccc43)c2)CC1c1cccc(-n2c3ccccc3c3cc(-c4ccc5c(c4)c4ccccc4n5-c4cccc(-c5cc(-c6cccc(-n7c8ccccc8c8ccccc87)c6)ncn5)c4)ccc32)c1. The third-order valence-corrected chi connectivity index (χ3v) is 27.5. The second kappa shape index (κ2) is 30.0. The summed E-state index contributed by atoms with van der Waals surface area (Å²) in [5, 5.41) is 14.6. The monoisotopic (exact) mass is 1680 g/mol. The van der Waals surface area contributed by atoms with E-state index in [2.05, 4.69) is 477 Å². The molecule has 0 saturated carbocycles. The number of fused-ring (bicyclic) bond motifs is 18. The first kappa shape index (κ1) is 74.6. The maximum Gasteiger partial charge on any atom is 0.116 e. The molecular formula is C122H78N10. The fourth-order valence-corrected chi connectivity index (χ4v) is 21.5. The summed E-state index contributed by atoms with van der Waals surface area (Å²) in [4.78, 5) is 20.2. The van der Waals surface area contributed by atoms with E-state index in [1.165, 1.54) is 97.8 Å². The van der Waals surface area contributed by atoms with Gasteiger partial charge < -0.3 is 27.4 Å². The summed E-state index contributed by atoms with van der Waals surface area (Å²) in [6.45, 7) is 0. The lowest BCUT2D eigenvalue weighted by atomic mass is 9.88. The lowest BCUT2D eigenvalue weighted by Crippen LogP contribution is -2.07. The highest BCUT2D eigenvalue weighted by Crippen LogP contribution is 2.46. The number of hydrogen-bond acceptors (Lipinski definition) is 4. The van der Waals surface area contributed by atoms with Crippen molar-refractivity contribution < 1.29 is 0 Å². The Morgan fingerprint density at radius 3 is 0.773 bits per heavy atom. The van der Waals surface area contributed by atoms with Gasteiger partial charge in [0.1, 0.15) is 6.33 Å². The molecule has 0 saturated heterocycles. The first-order chi connectivity index (χ1) is 65.4. The Balaban J connectivity index is 0.458. The molecule has 0 N–H and O–H groups in total. The maximum absolute atomic E-state index is 5.37. The summed E-state index contributed by atoms with van der Waals surface area (Å²) < 4.78 is 14.4. The molecule has 10 heteroatoms. The minimum Gasteiger partial charge on any atom is -0.309 e. The molecule has 1 unspecified atom stereocenters. The maximum atomic E-state index is 5.37. The molecule has 0 spiro atoms. The number of para-hydroxylation sites is 8. The van der Waals surface area contributed by atoms with Gasteiger partial charge in [0.2, 0.25) is 0 Å². The summed E-state index contributed by atoms with van der Waals surface area (Å²) in [6, 6.07) is 160. The molecule has 8 aromatic heterocycles. The number of aliphatic imine (C=N–C) groups is 1. The third kappa shape index (κ3) is 12.0. The third-order valence-electron chi connectivity index (χ3n) is 27.5. The van der Waals surface area contributed by atoms with E-state index in [9.17, 15) is 0 Å². The summed E-state index contributed by atoms with van der Waals surface area (Å²) in [6.07, 6.45) is 6.69. The Bertz CT molecular complexity index is 9270. The van der Waals surface area contributed by atoms with Crippen LogP contribution in [0.4, 0.5) is 0 Å². The largest absolute Gasteiger partial charge is 0.309 e. The predicted molar refractivity (Wildman–Crippen MR) is 549 cm³/mol. The zero-order valence-corrected chi connectivity index (χ0v) is 71.6. The Labute approximate surface area is 759 Å². The molecule has 27 rings (SSSR count). The lowest BCUT2D eigenvalue weighted by Gasteiger charge is -2.20. The molecule has 0 fully saturated rings. The van der Waals surface area contributed by atoms with Gasteiger partial charge in [-0.2, -0.15) is 0 Å². The van der Waals surface area contributed by atoms with Gasteiger partial charge in [0.25, 0.3) is 0 Å². The van der Waals surface area contributed by atoms with Gasteiger partial charge in [-0.1, -0.05) is 249 Å². The topological polar surface area (TPSA) is 80.6 Å². The van der Waals surface area contributed by atoms with E-state index in [0.717, 1.165) is 158 Å². The van der Waals surface area contributed by atoms with E-state index < -0.39 is 0 Å². The molecule has 616 valence electrons. The fourth-order valence-electron chi connectivity index (χ4n) is 21.5. The zero-order chi connectivity index (χ0) is 86.6. The predicted octanol–water partition coefficient (Wildman–Crippen LogP) is 31.1. The number of pyridine rings is 1. The highest BCUT2D eigenvalue weighted by Gasteiger charge is 2.25. The van der Waals surface area contributed by atoms with Crippen molar-refractivity contribution >= 4 is 143 Å². The van der Waals surface area contributed by atoms with Crippen LogP contribution in [0.25, 0.3) is 238 Å². The van der Waals surface area contributed by atoms with Crippen molar-refractivity contribution in [2.75, 3.05) is 0 Å². The zero-order valence-electron chi connectivity index (χ0n) is 71.6.